The van der Waals surface area contributed by atoms with Crippen LogP contribution in [0.1, 0.15) is 16.5 Å². The fourth-order valence-electron chi connectivity index (χ4n) is 4.50. The summed E-state index contributed by atoms with van der Waals surface area (Å²) >= 11 is 15.5. The lowest BCUT2D eigenvalue weighted by Crippen LogP contribution is -2.47. The van der Waals surface area contributed by atoms with Crippen molar-refractivity contribution in [1.82, 2.24) is 10.4 Å². The molecule has 0 radical (unpaired) electrons. The Morgan fingerprint density at radius 1 is 0.846 bits per heavy atom. The van der Waals surface area contributed by atoms with Gasteiger partial charge in [0.25, 0.3) is 11.8 Å². The van der Waals surface area contributed by atoms with E-state index in [1.165, 1.54) is 16.8 Å². The quantitative estimate of drug-likeness (QED) is 0.239. The number of halogens is 2. The van der Waals surface area contributed by atoms with E-state index < -0.39 is 5.37 Å². The second-order valence-corrected chi connectivity index (χ2v) is 11.9. The maximum absolute atomic E-state index is 13.6. The lowest BCUT2D eigenvalue weighted by molar-refractivity contribution is -0.137. The lowest BCUT2D eigenvalue weighted by Gasteiger charge is -2.33. The van der Waals surface area contributed by atoms with Gasteiger partial charge in [-0.2, -0.15) is 0 Å². The molecule has 9 heteroatoms. The van der Waals surface area contributed by atoms with Crippen LogP contribution in [0.25, 0.3) is 6.08 Å². The van der Waals surface area contributed by atoms with E-state index in [4.69, 9.17) is 23.2 Å². The SMILES string of the molecule is O=C(CN1c2ccccc2Sc2ccccc21)NN1C(=O)/C(=C\c2ccccc2Cl)SC1c1ccc(Cl)cc1. The molecule has 1 atom stereocenters. The van der Waals surface area contributed by atoms with Gasteiger partial charge in [0.1, 0.15) is 11.9 Å². The topological polar surface area (TPSA) is 52.7 Å². The van der Waals surface area contributed by atoms with E-state index in [0.717, 1.165) is 32.3 Å². The molecule has 2 aliphatic rings. The van der Waals surface area contributed by atoms with E-state index in [2.05, 4.69) is 5.43 Å². The Balaban J connectivity index is 1.30. The number of nitrogens with one attached hydrogen (secondary N) is 1. The van der Waals surface area contributed by atoms with Gasteiger partial charge in [0.2, 0.25) is 0 Å². The van der Waals surface area contributed by atoms with Crippen molar-refractivity contribution in [3.8, 4) is 0 Å². The summed E-state index contributed by atoms with van der Waals surface area (Å²) in [6.45, 7) is 0.0416. The van der Waals surface area contributed by atoms with Gasteiger partial charge in [0, 0.05) is 19.8 Å². The highest BCUT2D eigenvalue weighted by Crippen LogP contribution is 2.48. The Hall–Kier alpha value is -3.36. The van der Waals surface area contributed by atoms with E-state index in [1.807, 2.05) is 83.8 Å². The Kier molecular flexibility index (Phi) is 7.32. The van der Waals surface area contributed by atoms with Crippen LogP contribution < -0.4 is 10.3 Å². The summed E-state index contributed by atoms with van der Waals surface area (Å²) in [5.41, 5.74) is 6.37. The first-order chi connectivity index (χ1) is 19.0. The number of hydrogen-bond acceptors (Lipinski definition) is 5. The smallest absolute Gasteiger partial charge is 0.280 e. The molecule has 6 rings (SSSR count). The van der Waals surface area contributed by atoms with Crippen molar-refractivity contribution in [1.29, 1.82) is 0 Å². The third-order valence-electron chi connectivity index (χ3n) is 6.33. The zero-order valence-corrected chi connectivity index (χ0v) is 23.5. The molecule has 1 unspecified atom stereocenters. The monoisotopic (exact) mass is 589 g/mol. The number of carbonyl (C=O) groups excluding carboxylic acids is 2. The van der Waals surface area contributed by atoms with Crippen molar-refractivity contribution in [3.05, 3.63) is 123 Å². The van der Waals surface area contributed by atoms with Crippen LogP contribution in [0, 0.1) is 0 Å². The molecule has 0 saturated carbocycles. The summed E-state index contributed by atoms with van der Waals surface area (Å²) in [4.78, 5) is 31.8. The molecule has 0 aromatic heterocycles. The van der Waals surface area contributed by atoms with Gasteiger partial charge >= 0.3 is 0 Å². The number of hydrogen-bond donors (Lipinski definition) is 1. The Labute approximate surface area is 244 Å². The predicted octanol–water partition coefficient (Wildman–Crippen LogP) is 7.94. The highest BCUT2D eigenvalue weighted by atomic mass is 35.5. The minimum absolute atomic E-state index is 0.0416. The number of thioether (sulfide) groups is 1. The maximum atomic E-state index is 13.6. The summed E-state index contributed by atoms with van der Waals surface area (Å²) < 4.78 is 0. The van der Waals surface area contributed by atoms with Gasteiger partial charge < -0.3 is 4.90 Å². The molecular formula is C30H21Cl2N3O2S2. The molecule has 2 amide bonds. The van der Waals surface area contributed by atoms with Gasteiger partial charge in [0.15, 0.2) is 0 Å². The number of fused-ring (bicyclic) bond motifs is 2. The Bertz CT molecular complexity index is 1560. The number of nitrogens with zero attached hydrogens (tertiary/aromatic N) is 2. The molecule has 5 nitrogen and oxygen atoms in total. The largest absolute Gasteiger partial charge is 0.330 e. The van der Waals surface area contributed by atoms with E-state index in [1.54, 1.807) is 36.0 Å². The number of anilines is 2. The lowest BCUT2D eigenvalue weighted by atomic mass is 10.2. The summed E-state index contributed by atoms with van der Waals surface area (Å²) in [7, 11) is 0. The molecule has 1 fully saturated rings. The van der Waals surface area contributed by atoms with Crippen molar-refractivity contribution >= 4 is 76.0 Å². The molecule has 0 bridgehead atoms. The van der Waals surface area contributed by atoms with Crippen LogP contribution in [0.2, 0.25) is 10.0 Å². The summed E-state index contributed by atoms with van der Waals surface area (Å²) in [6, 6.07) is 30.6. The molecule has 0 spiro atoms. The third kappa shape index (κ3) is 5.28. The van der Waals surface area contributed by atoms with E-state index in [-0.39, 0.29) is 18.4 Å². The van der Waals surface area contributed by atoms with E-state index >= 15 is 0 Å². The third-order valence-corrected chi connectivity index (χ3v) is 9.31. The Morgan fingerprint density at radius 3 is 2.13 bits per heavy atom. The maximum Gasteiger partial charge on any atom is 0.280 e. The molecule has 39 heavy (non-hydrogen) atoms. The molecule has 1 N–H and O–H groups in total. The molecule has 2 aliphatic heterocycles. The van der Waals surface area contributed by atoms with Crippen molar-refractivity contribution in [2.24, 2.45) is 0 Å². The standard InChI is InChI=1S/C30H21Cl2N3O2S2/c31-21-15-13-19(14-16-21)30-35(29(37)27(39-30)17-20-7-1-2-8-22(20)32)33-28(36)18-34-23-9-3-5-11-25(23)38-26-12-6-4-10-24(26)34/h1-17,30H,18H2,(H,33,36)/b27-17+. The number of amides is 2. The first-order valence-corrected chi connectivity index (χ1v) is 14.6. The zero-order valence-electron chi connectivity index (χ0n) is 20.4. The van der Waals surface area contributed by atoms with E-state index in [0.29, 0.717) is 15.0 Å². The molecule has 1 saturated heterocycles. The minimum Gasteiger partial charge on any atom is -0.330 e. The van der Waals surface area contributed by atoms with Gasteiger partial charge in [-0.1, -0.05) is 101 Å². The number of benzene rings is 4. The van der Waals surface area contributed by atoms with E-state index in [9.17, 15) is 9.59 Å². The molecule has 194 valence electrons. The summed E-state index contributed by atoms with van der Waals surface area (Å²) in [5.74, 6) is -0.610. The van der Waals surface area contributed by atoms with Crippen LogP contribution in [-0.2, 0) is 9.59 Å². The molecule has 0 aliphatic carbocycles. The fraction of sp³-hybridized carbons (Fsp3) is 0.0667. The van der Waals surface area contributed by atoms with Crippen LogP contribution >= 0.6 is 46.7 Å². The average molecular weight is 591 g/mol. The van der Waals surface area contributed by atoms with Crippen LogP contribution in [0.4, 0.5) is 11.4 Å². The van der Waals surface area contributed by atoms with Crippen LogP contribution in [-0.4, -0.2) is 23.4 Å². The summed E-state index contributed by atoms with van der Waals surface area (Å²) in [5, 5.41) is 2.07. The van der Waals surface area contributed by atoms with Gasteiger partial charge in [-0.05, 0) is 59.7 Å². The highest BCUT2D eigenvalue weighted by Gasteiger charge is 2.39. The molecule has 2 heterocycles. The number of para-hydroxylation sites is 2. The molecule has 4 aromatic carbocycles. The number of carbonyl (C=O) groups is 2. The van der Waals surface area contributed by atoms with Crippen LogP contribution in [0.15, 0.2) is 112 Å². The van der Waals surface area contributed by atoms with Gasteiger partial charge in [-0.15, -0.1) is 0 Å². The fourth-order valence-corrected chi connectivity index (χ4v) is 7.09. The van der Waals surface area contributed by atoms with Crippen molar-refractivity contribution in [2.45, 2.75) is 15.2 Å². The van der Waals surface area contributed by atoms with Gasteiger partial charge in [0.05, 0.1) is 16.3 Å². The summed E-state index contributed by atoms with van der Waals surface area (Å²) in [6.07, 6.45) is 1.76. The van der Waals surface area contributed by atoms with Gasteiger partial charge in [-0.25, -0.2) is 5.01 Å². The first kappa shape index (κ1) is 25.9. The normalized spacial score (nSPS) is 17.2. The number of rotatable bonds is 5. The van der Waals surface area contributed by atoms with Crippen LogP contribution in [0.3, 0.4) is 0 Å². The van der Waals surface area contributed by atoms with Crippen molar-refractivity contribution in [3.63, 3.8) is 0 Å². The highest BCUT2D eigenvalue weighted by molar-refractivity contribution is 8.04. The number of hydrazine groups is 1. The zero-order chi connectivity index (χ0) is 26.9. The predicted molar refractivity (Wildman–Crippen MR) is 160 cm³/mol. The minimum atomic E-state index is -0.469. The first-order valence-electron chi connectivity index (χ1n) is 12.1. The van der Waals surface area contributed by atoms with Crippen molar-refractivity contribution in [2.75, 3.05) is 11.4 Å². The second kappa shape index (κ2) is 11.0. The molecule has 4 aromatic rings. The Morgan fingerprint density at radius 2 is 1.46 bits per heavy atom. The second-order valence-electron chi connectivity index (χ2n) is 8.89. The van der Waals surface area contributed by atoms with Crippen LogP contribution in [0.5, 0.6) is 0 Å². The van der Waals surface area contributed by atoms with Gasteiger partial charge in [-0.3, -0.25) is 15.0 Å². The molecular weight excluding hydrogens is 569 g/mol. The average Bonchev–Trinajstić information content (AvgIpc) is 3.24. The van der Waals surface area contributed by atoms with Crippen molar-refractivity contribution < 1.29 is 9.59 Å².